The van der Waals surface area contributed by atoms with Crippen LogP contribution < -0.4 is 17.0 Å². The van der Waals surface area contributed by atoms with Crippen molar-refractivity contribution in [3.8, 4) is 0 Å². The summed E-state index contributed by atoms with van der Waals surface area (Å²) in [6, 6.07) is 9.41. The molecule has 10 heteroatoms. The second-order valence-electron chi connectivity index (χ2n) is 5.61. The van der Waals surface area contributed by atoms with Crippen molar-refractivity contribution in [1.29, 1.82) is 0 Å². The largest absolute Gasteiger partial charge is 0.479 e. The molecule has 28 heavy (non-hydrogen) atoms. The molecule has 0 amide bonds. The number of hydrogen-bond donors (Lipinski definition) is 4. The predicted octanol–water partition coefficient (Wildman–Crippen LogP) is 1.98. The zero-order valence-electron chi connectivity index (χ0n) is 14.2. The van der Waals surface area contributed by atoms with E-state index in [-0.39, 0.29) is 11.3 Å². The van der Waals surface area contributed by atoms with Gasteiger partial charge in [-0.1, -0.05) is 30.3 Å². The lowest BCUT2D eigenvalue weighted by Crippen LogP contribution is -2.47. The van der Waals surface area contributed by atoms with Crippen LogP contribution in [0.2, 0.25) is 0 Å². The molecule has 0 aromatic heterocycles. The number of carboxylic acid groups (broad SMARTS) is 1. The van der Waals surface area contributed by atoms with Crippen LogP contribution in [0.5, 0.6) is 0 Å². The molecule has 7 nitrogen and oxygen atoms in total. The molecule has 0 bridgehead atoms. The van der Waals surface area contributed by atoms with Gasteiger partial charge in [0.05, 0.1) is 16.8 Å². The molecule has 6 N–H and O–H groups in total. The van der Waals surface area contributed by atoms with E-state index in [1.165, 1.54) is 36.3 Å². The van der Waals surface area contributed by atoms with Gasteiger partial charge in [0, 0.05) is 5.56 Å². The van der Waals surface area contributed by atoms with Gasteiger partial charge in [-0.05, 0) is 23.8 Å². The van der Waals surface area contributed by atoms with Crippen LogP contribution in [0.15, 0.2) is 53.5 Å². The van der Waals surface area contributed by atoms with Crippen LogP contribution in [0.3, 0.4) is 0 Å². The number of nitrogens with zero attached hydrogens (tertiary/aromatic N) is 1. The topological polar surface area (TPSA) is 131 Å². The Morgan fingerprint density at radius 2 is 1.79 bits per heavy atom. The van der Waals surface area contributed by atoms with Crippen molar-refractivity contribution in [3.63, 3.8) is 0 Å². The number of alkyl halides is 3. The van der Waals surface area contributed by atoms with E-state index in [1.807, 2.05) is 0 Å². The van der Waals surface area contributed by atoms with E-state index in [1.54, 1.807) is 0 Å². The highest BCUT2D eigenvalue weighted by atomic mass is 19.4. The molecule has 0 aliphatic carbocycles. The molecule has 146 valence electrons. The van der Waals surface area contributed by atoms with Crippen molar-refractivity contribution in [3.05, 3.63) is 65.2 Å². The van der Waals surface area contributed by atoms with Gasteiger partial charge in [0.25, 0.3) is 0 Å². The van der Waals surface area contributed by atoms with Crippen LogP contribution in [0.4, 0.5) is 18.9 Å². The zero-order valence-corrected chi connectivity index (χ0v) is 14.2. The highest BCUT2D eigenvalue weighted by Crippen LogP contribution is 2.41. The predicted molar refractivity (Wildman–Crippen MR) is 96.0 cm³/mol. The van der Waals surface area contributed by atoms with Crippen molar-refractivity contribution < 1.29 is 27.9 Å². The van der Waals surface area contributed by atoms with Gasteiger partial charge >= 0.3 is 12.1 Å². The summed E-state index contributed by atoms with van der Waals surface area (Å²) in [7, 11) is 0. The van der Waals surface area contributed by atoms with Crippen molar-refractivity contribution in [1.82, 2.24) is 5.43 Å². The summed E-state index contributed by atoms with van der Waals surface area (Å²) < 4.78 is 40.3. The second-order valence-corrected chi connectivity index (χ2v) is 5.61. The Morgan fingerprint density at radius 3 is 2.32 bits per heavy atom. The number of halogens is 3. The number of carbonyl (C=O) groups excluding carboxylic acids is 1. The second kappa shape index (κ2) is 8.05. The first-order chi connectivity index (χ1) is 13.2. The maximum atomic E-state index is 13.4. The fraction of sp³-hybridized carbons (Fsp3) is 0.111. The third-order valence-electron chi connectivity index (χ3n) is 3.91. The Hall–Kier alpha value is -3.46. The van der Waals surface area contributed by atoms with Gasteiger partial charge in [-0.25, -0.2) is 20.4 Å². The Bertz CT molecular complexity index is 969. The van der Waals surface area contributed by atoms with E-state index in [9.17, 15) is 27.9 Å². The number of carbonyl (C=O) groups is 1. The van der Waals surface area contributed by atoms with E-state index in [2.05, 4.69) is 10.4 Å². The van der Waals surface area contributed by atoms with Gasteiger partial charge in [-0.2, -0.15) is 13.2 Å². The van der Waals surface area contributed by atoms with Crippen LogP contribution in [0.1, 0.15) is 16.7 Å². The Balaban J connectivity index is 2.74. The van der Waals surface area contributed by atoms with Crippen LogP contribution in [0.25, 0.3) is 5.57 Å². The number of rotatable bonds is 6. The van der Waals surface area contributed by atoms with Crippen LogP contribution >= 0.6 is 0 Å². The smallest absolute Gasteiger partial charge is 0.416 e. The van der Waals surface area contributed by atoms with E-state index < -0.39 is 34.4 Å². The first kappa shape index (κ1) is 20.8. The average molecular weight is 392 g/mol. The normalized spacial score (nSPS) is 13.6. The summed E-state index contributed by atoms with van der Waals surface area (Å²) in [5.74, 6) is 4.63. The maximum Gasteiger partial charge on any atom is 0.416 e. The standard InChI is InChI=1S/C18H15F3N4O3/c19-18(20,21)14-7-2-1-6-13(14)17(22,16(27)28)15(9-26)11-4-3-5-12(8-11)24-10-25-23/h1-8,10H,22-23H2,(H,24,25)(H,27,28). The number of benzene rings is 2. The molecule has 0 aliphatic rings. The lowest BCUT2D eigenvalue weighted by Gasteiger charge is -2.29. The number of nitrogens with two attached hydrogens (primary N) is 2. The molecule has 1 unspecified atom stereocenters. The third-order valence-corrected chi connectivity index (χ3v) is 3.91. The minimum absolute atomic E-state index is 0.0523. The molecular formula is C18H15F3N4O3. The van der Waals surface area contributed by atoms with Crippen LogP contribution in [-0.4, -0.2) is 23.4 Å². The monoisotopic (exact) mass is 392 g/mol. The summed E-state index contributed by atoms with van der Waals surface area (Å²) in [5, 5.41) is 9.70. The zero-order chi connectivity index (χ0) is 20.9. The quantitative estimate of drug-likeness (QED) is 0.195. The minimum atomic E-state index is -4.89. The molecule has 0 radical (unpaired) electrons. The fourth-order valence-electron chi connectivity index (χ4n) is 2.65. The fourth-order valence-corrected chi connectivity index (χ4v) is 2.65. The van der Waals surface area contributed by atoms with Crippen molar-refractivity contribution in [2.45, 2.75) is 11.7 Å². The number of nitrogens with one attached hydrogen (secondary N) is 1. The number of aliphatic imine (C=N–C) groups is 1. The molecule has 0 saturated carbocycles. The number of hydrogen-bond acceptors (Lipinski definition) is 5. The highest BCUT2D eigenvalue weighted by Gasteiger charge is 2.47. The highest BCUT2D eigenvalue weighted by molar-refractivity contribution is 6.06. The molecule has 2 aromatic rings. The van der Waals surface area contributed by atoms with Crippen molar-refractivity contribution in [2.24, 2.45) is 16.6 Å². The molecule has 0 spiro atoms. The van der Waals surface area contributed by atoms with Gasteiger partial charge in [-0.15, -0.1) is 0 Å². The van der Waals surface area contributed by atoms with Crippen LogP contribution in [0, 0.1) is 0 Å². The molecule has 0 heterocycles. The number of aliphatic carboxylic acids is 1. The number of hydrazine groups is 1. The van der Waals surface area contributed by atoms with Gasteiger partial charge in [0.1, 0.15) is 12.3 Å². The lowest BCUT2D eigenvalue weighted by molar-refractivity contribution is -0.143. The molecule has 2 aromatic carbocycles. The molecule has 0 fully saturated rings. The lowest BCUT2D eigenvalue weighted by atomic mass is 9.78. The Labute approximate surface area is 157 Å². The van der Waals surface area contributed by atoms with Crippen molar-refractivity contribution >= 4 is 29.5 Å². The van der Waals surface area contributed by atoms with Gasteiger partial charge < -0.3 is 16.3 Å². The molecule has 0 aliphatic heterocycles. The Morgan fingerprint density at radius 1 is 1.14 bits per heavy atom. The van der Waals surface area contributed by atoms with E-state index in [4.69, 9.17) is 11.6 Å². The maximum absolute atomic E-state index is 13.4. The molecule has 2 rings (SSSR count). The summed E-state index contributed by atoms with van der Waals surface area (Å²) in [5.41, 5.74) is 2.74. The summed E-state index contributed by atoms with van der Waals surface area (Å²) in [6.45, 7) is 0. The van der Waals surface area contributed by atoms with E-state index in [0.717, 1.165) is 18.5 Å². The van der Waals surface area contributed by atoms with E-state index in [0.29, 0.717) is 6.07 Å². The van der Waals surface area contributed by atoms with Gasteiger partial charge in [0.15, 0.2) is 5.54 Å². The molecule has 0 saturated heterocycles. The SMILES string of the molecule is NNC=Nc1cccc(C(=C=O)C(N)(C(=O)O)c2ccccc2C(F)(F)F)c1. The first-order valence-electron chi connectivity index (χ1n) is 7.70. The summed E-state index contributed by atoms with van der Waals surface area (Å²) in [4.78, 5) is 27.5. The molecular weight excluding hydrogens is 377 g/mol. The first-order valence-corrected chi connectivity index (χ1v) is 7.70. The summed E-state index contributed by atoms with van der Waals surface area (Å²) in [6.07, 6.45) is -3.77. The minimum Gasteiger partial charge on any atom is -0.479 e. The van der Waals surface area contributed by atoms with Gasteiger partial charge in [-0.3, -0.25) is 0 Å². The van der Waals surface area contributed by atoms with Crippen molar-refractivity contribution in [2.75, 3.05) is 0 Å². The number of carboxylic acids is 1. The summed E-state index contributed by atoms with van der Waals surface area (Å²) >= 11 is 0. The van der Waals surface area contributed by atoms with Crippen LogP contribution in [-0.2, 0) is 21.3 Å². The Kier molecular flexibility index (Phi) is 5.99. The van der Waals surface area contributed by atoms with Gasteiger partial charge in [0.2, 0.25) is 0 Å². The van der Waals surface area contributed by atoms with E-state index >= 15 is 0 Å². The average Bonchev–Trinajstić information content (AvgIpc) is 2.66. The third kappa shape index (κ3) is 3.94. The molecule has 1 atom stereocenters.